The van der Waals surface area contributed by atoms with Crippen LogP contribution in [0.25, 0.3) is 6.08 Å². The summed E-state index contributed by atoms with van der Waals surface area (Å²) in [5.74, 6) is -1.01. The quantitative estimate of drug-likeness (QED) is 0.352. The van der Waals surface area contributed by atoms with Crippen LogP contribution in [0, 0.1) is 0 Å². The summed E-state index contributed by atoms with van der Waals surface area (Å²) >= 11 is 1.98. The van der Waals surface area contributed by atoms with E-state index in [1.165, 1.54) is 24.6 Å². The third-order valence-electron chi connectivity index (χ3n) is 3.54. The third-order valence-corrected chi connectivity index (χ3v) is 3.90. The second-order valence-electron chi connectivity index (χ2n) is 5.47. The smallest absolute Gasteiger partial charge is 0.351 e. The minimum Gasteiger partial charge on any atom is -0.463 e. The number of rotatable bonds is 6. The molecule has 11 heteroatoms. The Bertz CT molecular complexity index is 764. The molecule has 26 heavy (non-hydrogen) atoms. The maximum Gasteiger partial charge on any atom is 0.351 e. The highest BCUT2D eigenvalue weighted by molar-refractivity contribution is 14.1. The van der Waals surface area contributed by atoms with Crippen molar-refractivity contribution in [1.29, 1.82) is 0 Å². The normalized spacial score (nSPS) is 22.4. The van der Waals surface area contributed by atoms with Gasteiger partial charge < -0.3 is 14.2 Å². The second-order valence-corrected chi connectivity index (χ2v) is 6.19. The van der Waals surface area contributed by atoms with E-state index in [2.05, 4.69) is 4.98 Å². The number of ether oxygens (including phenoxy) is 3. The molecule has 1 aliphatic heterocycles. The molecule has 0 aliphatic carbocycles. The van der Waals surface area contributed by atoms with Gasteiger partial charge in [-0.05, 0) is 10.2 Å². The van der Waals surface area contributed by atoms with Crippen LogP contribution in [0.3, 0.4) is 0 Å². The van der Waals surface area contributed by atoms with E-state index < -0.39 is 36.1 Å². The Labute approximate surface area is 162 Å². The number of carbonyl (C=O) groups is 2. The third kappa shape index (κ3) is 5.02. The van der Waals surface area contributed by atoms with Crippen molar-refractivity contribution in [3.8, 4) is 0 Å². The molecule has 1 aromatic rings. The largest absolute Gasteiger partial charge is 0.463 e. The summed E-state index contributed by atoms with van der Waals surface area (Å²) in [7, 11) is 0. The number of nitrogens with zero attached hydrogens (tertiary/aromatic N) is 2. The lowest BCUT2D eigenvalue weighted by molar-refractivity contribution is -0.153. The summed E-state index contributed by atoms with van der Waals surface area (Å²) in [5.41, 5.74) is 1.58. The molecule has 0 radical (unpaired) electrons. The average molecular weight is 479 g/mol. The molecule has 0 amide bonds. The summed E-state index contributed by atoms with van der Waals surface area (Å²) in [6.07, 6.45) is 1.07. The van der Waals surface area contributed by atoms with Gasteiger partial charge in [-0.3, -0.25) is 24.8 Å². The lowest BCUT2D eigenvalue weighted by atomic mass is 10.2. The highest BCUT2D eigenvalue weighted by Gasteiger charge is 2.40. The first-order chi connectivity index (χ1) is 12.3. The zero-order chi connectivity index (χ0) is 19.3. The Hall–Kier alpha value is -1.99. The van der Waals surface area contributed by atoms with Crippen LogP contribution in [0.5, 0.6) is 0 Å². The van der Waals surface area contributed by atoms with E-state index in [1.807, 2.05) is 28.1 Å². The van der Waals surface area contributed by atoms with E-state index >= 15 is 0 Å². The highest BCUT2D eigenvalue weighted by atomic mass is 127. The van der Waals surface area contributed by atoms with Gasteiger partial charge in [-0.25, -0.2) is 4.79 Å². The molecular formula is C15H18IN3O7. The highest BCUT2D eigenvalue weighted by Crippen LogP contribution is 2.31. The maximum absolute atomic E-state index is 12.3. The van der Waals surface area contributed by atoms with Gasteiger partial charge in [0.15, 0.2) is 12.0 Å². The molecule has 0 bridgehead atoms. The molecule has 0 saturated carbocycles. The number of hydrogen-bond donors (Lipinski definition) is 2. The zero-order valence-electron chi connectivity index (χ0n) is 14.0. The summed E-state index contributed by atoms with van der Waals surface area (Å²) in [6.45, 7) is 2.50. The molecular weight excluding hydrogens is 461 g/mol. The summed E-state index contributed by atoms with van der Waals surface area (Å²) in [6, 6.07) is 0. The van der Waals surface area contributed by atoms with Crippen LogP contribution in [0.1, 0.15) is 32.1 Å². The molecule has 0 spiro atoms. The predicted molar refractivity (Wildman–Crippen MR) is 97.7 cm³/mol. The van der Waals surface area contributed by atoms with Gasteiger partial charge in [0.2, 0.25) is 0 Å². The van der Waals surface area contributed by atoms with Gasteiger partial charge in [-0.1, -0.05) is 22.6 Å². The molecule has 0 unspecified atom stereocenters. The number of aromatic nitrogens is 2. The monoisotopic (exact) mass is 479 g/mol. The number of carbonyl (C=O) groups excluding carboxylic acids is 2. The van der Waals surface area contributed by atoms with Crippen molar-refractivity contribution >= 4 is 46.4 Å². The van der Waals surface area contributed by atoms with Gasteiger partial charge in [0, 0.05) is 32.0 Å². The molecule has 1 fully saturated rings. The second kappa shape index (κ2) is 9.09. The molecule has 0 aromatic carbocycles. The standard InChI is InChI=1S/C15H18IN3O7/c1-8(20)24-7-11-5-12(25-9(2)21)14(26-11)19-6-10(3-4-16)13(18-23)17-15(19)22/h3-4,6,11-12,14,23H,5,7H2,1-2H3,(H,17,18,22)/t11-,12+,14+/m0/s1. The molecule has 1 aromatic heterocycles. The van der Waals surface area contributed by atoms with Crippen LogP contribution in [0.2, 0.25) is 0 Å². The minimum atomic E-state index is -0.937. The van der Waals surface area contributed by atoms with Crippen LogP contribution in [-0.2, 0) is 23.8 Å². The Morgan fingerprint density at radius 1 is 1.50 bits per heavy atom. The number of esters is 2. The number of hydrogen-bond acceptors (Lipinski definition) is 9. The van der Waals surface area contributed by atoms with Crippen molar-refractivity contribution < 1.29 is 29.0 Å². The molecule has 3 atom stereocenters. The van der Waals surface area contributed by atoms with Gasteiger partial charge in [-0.15, -0.1) is 0 Å². The van der Waals surface area contributed by atoms with Crippen molar-refractivity contribution in [1.82, 2.24) is 9.55 Å². The lowest BCUT2D eigenvalue weighted by Crippen LogP contribution is -2.34. The topological polar surface area (TPSA) is 129 Å². The van der Waals surface area contributed by atoms with Crippen LogP contribution < -0.4 is 11.2 Å². The van der Waals surface area contributed by atoms with Gasteiger partial charge in [0.05, 0.1) is 6.10 Å². The molecule has 142 valence electrons. The van der Waals surface area contributed by atoms with Crippen LogP contribution in [-0.4, -0.2) is 45.5 Å². The summed E-state index contributed by atoms with van der Waals surface area (Å²) < 4.78 is 18.8. The van der Waals surface area contributed by atoms with Crippen molar-refractivity contribution in [2.75, 3.05) is 12.1 Å². The Balaban J connectivity index is 2.35. The van der Waals surface area contributed by atoms with E-state index in [9.17, 15) is 14.4 Å². The van der Waals surface area contributed by atoms with Crippen LogP contribution in [0.4, 0.5) is 5.82 Å². The molecule has 2 N–H and O–H groups in total. The van der Waals surface area contributed by atoms with Gasteiger partial charge in [0.1, 0.15) is 12.7 Å². The minimum absolute atomic E-state index is 0.0161. The van der Waals surface area contributed by atoms with Crippen LogP contribution in [0.15, 0.2) is 15.1 Å². The van der Waals surface area contributed by atoms with E-state index in [4.69, 9.17) is 19.4 Å². The maximum atomic E-state index is 12.3. The fourth-order valence-electron chi connectivity index (χ4n) is 2.54. The number of halogens is 1. The van der Waals surface area contributed by atoms with Crippen molar-refractivity contribution in [2.45, 2.75) is 38.7 Å². The number of anilines is 1. The van der Waals surface area contributed by atoms with E-state index in [-0.39, 0.29) is 18.8 Å². The molecule has 1 aliphatic rings. The van der Waals surface area contributed by atoms with Crippen molar-refractivity contribution in [3.63, 3.8) is 0 Å². The predicted octanol–water partition coefficient (Wildman–Crippen LogP) is 1.23. The Morgan fingerprint density at radius 2 is 2.23 bits per heavy atom. The first-order valence-electron chi connectivity index (χ1n) is 7.61. The lowest BCUT2D eigenvalue weighted by Gasteiger charge is -2.21. The van der Waals surface area contributed by atoms with Crippen molar-refractivity contribution in [3.05, 3.63) is 26.3 Å². The first-order valence-corrected chi connectivity index (χ1v) is 8.86. The zero-order valence-corrected chi connectivity index (χ0v) is 16.2. The number of nitrogens with one attached hydrogen (secondary N) is 1. The fourth-order valence-corrected chi connectivity index (χ4v) is 2.93. The fraction of sp³-hybridized carbons (Fsp3) is 0.467. The van der Waals surface area contributed by atoms with Gasteiger partial charge in [-0.2, -0.15) is 4.98 Å². The van der Waals surface area contributed by atoms with Gasteiger partial charge in [0.25, 0.3) is 0 Å². The van der Waals surface area contributed by atoms with Crippen LogP contribution >= 0.6 is 22.6 Å². The van der Waals surface area contributed by atoms with E-state index in [0.717, 1.165) is 0 Å². The summed E-state index contributed by atoms with van der Waals surface area (Å²) in [5, 5.41) is 9.11. The molecule has 2 rings (SSSR count). The first kappa shape index (κ1) is 20.3. The van der Waals surface area contributed by atoms with Gasteiger partial charge >= 0.3 is 17.6 Å². The Kier molecular flexibility index (Phi) is 7.11. The van der Waals surface area contributed by atoms with Crippen molar-refractivity contribution in [2.24, 2.45) is 0 Å². The average Bonchev–Trinajstić information content (AvgIpc) is 2.96. The Morgan fingerprint density at radius 3 is 2.81 bits per heavy atom. The molecule has 10 nitrogen and oxygen atoms in total. The SMILES string of the molecule is CC(=O)OC[C@@H]1C[C@@H](OC(C)=O)[C@H](n2cc(C=CI)c(NO)nc2=O)O1. The van der Waals surface area contributed by atoms with E-state index in [1.54, 1.807) is 10.2 Å². The molecule has 1 saturated heterocycles. The molecule has 2 heterocycles. The van der Waals surface area contributed by atoms with E-state index in [0.29, 0.717) is 5.56 Å². The summed E-state index contributed by atoms with van der Waals surface area (Å²) in [4.78, 5) is 38.4.